The summed E-state index contributed by atoms with van der Waals surface area (Å²) in [5.41, 5.74) is 1.18. The highest BCUT2D eigenvalue weighted by molar-refractivity contribution is 5.41. The van der Waals surface area contributed by atoms with Crippen molar-refractivity contribution in [1.29, 1.82) is 0 Å². The first-order valence-corrected chi connectivity index (χ1v) is 12.8. The number of ether oxygens (including phenoxy) is 1. The van der Waals surface area contributed by atoms with Crippen LogP contribution in [0.3, 0.4) is 0 Å². The number of rotatable bonds is 9. The van der Waals surface area contributed by atoms with Crippen LogP contribution in [0.25, 0.3) is 0 Å². The van der Waals surface area contributed by atoms with Gasteiger partial charge in [0.05, 0.1) is 7.11 Å². The topological polar surface area (TPSA) is 39.2 Å². The molecule has 0 aromatic heterocycles. The standard InChI is InChI=1S/C26H43N3O2/c1-31-26-12-11-22(18-25(26)30)19-28(17-16-27-13-5-2-6-14-27)20-23-8-7-15-29(21-23)24-9-3-4-10-24/h11-12,18,23-24,30H,2-10,13-17,19-21H2,1H3. The van der Waals surface area contributed by atoms with Crippen molar-refractivity contribution in [1.82, 2.24) is 14.7 Å². The third-order valence-electron chi connectivity index (χ3n) is 7.74. The van der Waals surface area contributed by atoms with Crippen molar-refractivity contribution in [2.45, 2.75) is 70.4 Å². The number of hydrogen-bond donors (Lipinski definition) is 1. The molecule has 5 nitrogen and oxygen atoms in total. The minimum atomic E-state index is 0.251. The maximum atomic E-state index is 10.3. The quantitative estimate of drug-likeness (QED) is 0.632. The first kappa shape index (κ1) is 22.9. The fourth-order valence-electron chi connectivity index (χ4n) is 6.01. The monoisotopic (exact) mass is 429 g/mol. The third-order valence-corrected chi connectivity index (χ3v) is 7.74. The fraction of sp³-hybridized carbons (Fsp3) is 0.769. The van der Waals surface area contributed by atoms with Crippen molar-refractivity contribution in [2.24, 2.45) is 5.92 Å². The number of hydrogen-bond acceptors (Lipinski definition) is 5. The maximum Gasteiger partial charge on any atom is 0.160 e. The molecule has 1 unspecified atom stereocenters. The maximum absolute atomic E-state index is 10.3. The Labute approximate surface area is 189 Å². The Kier molecular flexibility index (Phi) is 8.51. The van der Waals surface area contributed by atoms with Crippen LogP contribution in [0.15, 0.2) is 18.2 Å². The summed E-state index contributed by atoms with van der Waals surface area (Å²) in [6.07, 6.45) is 12.5. The number of methoxy groups -OCH3 is 1. The summed E-state index contributed by atoms with van der Waals surface area (Å²) in [6.45, 7) is 9.47. The summed E-state index contributed by atoms with van der Waals surface area (Å²) in [4.78, 5) is 8.11. The minimum absolute atomic E-state index is 0.251. The average Bonchev–Trinajstić information content (AvgIpc) is 3.34. The number of phenols is 1. The molecule has 4 rings (SSSR count). The molecule has 5 heteroatoms. The molecule has 2 heterocycles. The lowest BCUT2D eigenvalue weighted by atomic mass is 9.95. The van der Waals surface area contributed by atoms with Crippen LogP contribution in [0.5, 0.6) is 11.5 Å². The largest absolute Gasteiger partial charge is 0.504 e. The number of phenolic OH excluding ortho intramolecular Hbond substituents is 1. The van der Waals surface area contributed by atoms with Crippen LogP contribution in [-0.4, -0.2) is 78.8 Å². The van der Waals surface area contributed by atoms with Crippen LogP contribution in [0.2, 0.25) is 0 Å². The molecule has 1 atom stereocenters. The van der Waals surface area contributed by atoms with Gasteiger partial charge >= 0.3 is 0 Å². The number of benzene rings is 1. The van der Waals surface area contributed by atoms with Crippen molar-refractivity contribution in [3.63, 3.8) is 0 Å². The van der Waals surface area contributed by atoms with E-state index in [4.69, 9.17) is 4.74 Å². The van der Waals surface area contributed by atoms with Gasteiger partial charge in [0.1, 0.15) is 0 Å². The van der Waals surface area contributed by atoms with E-state index in [2.05, 4.69) is 20.8 Å². The van der Waals surface area contributed by atoms with E-state index in [0.717, 1.165) is 25.0 Å². The smallest absolute Gasteiger partial charge is 0.160 e. The van der Waals surface area contributed by atoms with Crippen LogP contribution in [0, 0.1) is 5.92 Å². The Morgan fingerprint density at radius 1 is 1.00 bits per heavy atom. The van der Waals surface area contributed by atoms with Crippen molar-refractivity contribution in [2.75, 3.05) is 52.9 Å². The van der Waals surface area contributed by atoms with Crippen molar-refractivity contribution >= 4 is 0 Å². The van der Waals surface area contributed by atoms with Gasteiger partial charge in [0.15, 0.2) is 11.5 Å². The zero-order valence-corrected chi connectivity index (χ0v) is 19.6. The second-order valence-electron chi connectivity index (χ2n) is 10.1. The lowest BCUT2D eigenvalue weighted by Gasteiger charge is -2.39. The second kappa shape index (κ2) is 11.5. The minimum Gasteiger partial charge on any atom is -0.504 e. The van der Waals surface area contributed by atoms with Gasteiger partial charge in [-0.2, -0.15) is 0 Å². The Morgan fingerprint density at radius 3 is 2.55 bits per heavy atom. The van der Waals surface area contributed by atoms with Crippen LogP contribution in [0.1, 0.15) is 63.4 Å². The SMILES string of the molecule is COc1ccc(CN(CCN2CCCCC2)CC2CCCN(C3CCCC3)C2)cc1O. The van der Waals surface area contributed by atoms with Gasteiger partial charge in [-0.3, -0.25) is 4.90 Å². The molecule has 2 aliphatic heterocycles. The summed E-state index contributed by atoms with van der Waals surface area (Å²) in [5.74, 6) is 1.58. The van der Waals surface area contributed by atoms with Crippen molar-refractivity contribution in [3.8, 4) is 11.5 Å². The highest BCUT2D eigenvalue weighted by Gasteiger charge is 2.29. The summed E-state index contributed by atoms with van der Waals surface area (Å²) < 4.78 is 5.24. The van der Waals surface area contributed by atoms with Crippen molar-refractivity contribution < 1.29 is 9.84 Å². The van der Waals surface area contributed by atoms with Gasteiger partial charge in [-0.15, -0.1) is 0 Å². The van der Waals surface area contributed by atoms with Crippen molar-refractivity contribution in [3.05, 3.63) is 23.8 Å². The Bertz CT molecular complexity index is 671. The molecule has 1 N–H and O–H groups in total. The lowest BCUT2D eigenvalue weighted by molar-refractivity contribution is 0.0912. The van der Waals surface area contributed by atoms with E-state index in [0.29, 0.717) is 5.75 Å². The number of likely N-dealkylation sites (tertiary alicyclic amines) is 2. The van der Waals surface area contributed by atoms with Gasteiger partial charge in [0, 0.05) is 38.8 Å². The fourth-order valence-corrected chi connectivity index (χ4v) is 6.01. The highest BCUT2D eigenvalue weighted by Crippen LogP contribution is 2.29. The molecule has 0 radical (unpaired) electrons. The van der Waals surface area contributed by atoms with Gasteiger partial charge in [-0.1, -0.05) is 25.3 Å². The van der Waals surface area contributed by atoms with E-state index in [-0.39, 0.29) is 5.75 Å². The third kappa shape index (κ3) is 6.59. The molecule has 2 saturated heterocycles. The molecule has 1 aliphatic carbocycles. The second-order valence-corrected chi connectivity index (χ2v) is 10.1. The summed E-state index contributed by atoms with van der Waals surface area (Å²) in [5, 5.41) is 10.3. The summed E-state index contributed by atoms with van der Waals surface area (Å²) in [6, 6.07) is 6.75. The van der Waals surface area contributed by atoms with Gasteiger partial charge in [-0.25, -0.2) is 0 Å². The van der Waals surface area contributed by atoms with Gasteiger partial charge in [0.2, 0.25) is 0 Å². The van der Waals surface area contributed by atoms with Gasteiger partial charge < -0.3 is 19.6 Å². The van der Waals surface area contributed by atoms with Gasteiger partial charge in [0.25, 0.3) is 0 Å². The Morgan fingerprint density at radius 2 is 1.81 bits per heavy atom. The highest BCUT2D eigenvalue weighted by atomic mass is 16.5. The van der Waals surface area contributed by atoms with E-state index in [1.54, 1.807) is 7.11 Å². The normalized spacial score (nSPS) is 24.1. The molecule has 31 heavy (non-hydrogen) atoms. The van der Waals surface area contributed by atoms with Crippen LogP contribution in [-0.2, 0) is 6.54 Å². The molecule has 1 aromatic rings. The molecule has 1 aromatic carbocycles. The lowest BCUT2D eigenvalue weighted by Crippen LogP contribution is -2.46. The zero-order valence-electron chi connectivity index (χ0n) is 19.6. The number of aromatic hydroxyl groups is 1. The molecular weight excluding hydrogens is 386 g/mol. The molecule has 0 bridgehead atoms. The molecule has 1 saturated carbocycles. The van der Waals surface area contributed by atoms with Gasteiger partial charge in [-0.05, 0) is 81.8 Å². The average molecular weight is 430 g/mol. The zero-order chi connectivity index (χ0) is 21.5. The number of piperidine rings is 2. The Balaban J connectivity index is 1.37. The molecule has 3 aliphatic rings. The predicted molar refractivity (Wildman–Crippen MR) is 127 cm³/mol. The van der Waals surface area contributed by atoms with E-state index in [1.165, 1.54) is 103 Å². The number of nitrogens with zero attached hydrogens (tertiary/aromatic N) is 3. The van der Waals surface area contributed by atoms with Crippen LogP contribution >= 0.6 is 0 Å². The first-order valence-electron chi connectivity index (χ1n) is 12.8. The first-order chi connectivity index (χ1) is 15.2. The molecular formula is C26H43N3O2. The van der Waals surface area contributed by atoms with E-state index in [1.807, 2.05) is 12.1 Å². The molecule has 174 valence electrons. The van der Waals surface area contributed by atoms with E-state index >= 15 is 0 Å². The molecule has 0 spiro atoms. The van der Waals surface area contributed by atoms with Crippen LogP contribution < -0.4 is 4.74 Å². The van der Waals surface area contributed by atoms with E-state index in [9.17, 15) is 5.11 Å². The summed E-state index contributed by atoms with van der Waals surface area (Å²) >= 11 is 0. The Hall–Kier alpha value is -1.30. The predicted octanol–water partition coefficient (Wildman–Crippen LogP) is 4.34. The van der Waals surface area contributed by atoms with E-state index < -0.39 is 0 Å². The summed E-state index contributed by atoms with van der Waals surface area (Å²) in [7, 11) is 1.61. The molecule has 0 amide bonds. The van der Waals surface area contributed by atoms with Crippen LogP contribution in [0.4, 0.5) is 0 Å². The molecule has 3 fully saturated rings.